The topological polar surface area (TPSA) is 132 Å². The number of aryl methyl sites for hydroxylation is 1. The maximum Gasteiger partial charge on any atom is 0.274 e. The van der Waals surface area contributed by atoms with Gasteiger partial charge in [-0.2, -0.15) is 9.78 Å². The summed E-state index contributed by atoms with van der Waals surface area (Å²) in [5, 5.41) is 3.99. The summed E-state index contributed by atoms with van der Waals surface area (Å²) < 4.78 is 39.2. The van der Waals surface area contributed by atoms with Gasteiger partial charge in [-0.1, -0.05) is 11.8 Å². The van der Waals surface area contributed by atoms with Crippen molar-refractivity contribution in [1.29, 1.82) is 0 Å². The molecule has 0 unspecified atom stereocenters. The molecule has 1 aromatic heterocycles. The van der Waals surface area contributed by atoms with E-state index >= 15 is 0 Å². The number of anilines is 3. The second-order valence-electron chi connectivity index (χ2n) is 8.83. The van der Waals surface area contributed by atoms with E-state index in [2.05, 4.69) is 22.4 Å². The predicted octanol–water partition coefficient (Wildman–Crippen LogP) is 1.82. The van der Waals surface area contributed by atoms with Crippen LogP contribution >= 0.6 is 0 Å². The number of carbonyl (C=O) groups is 2. The van der Waals surface area contributed by atoms with Crippen molar-refractivity contribution in [2.45, 2.75) is 13.8 Å². The van der Waals surface area contributed by atoms with Gasteiger partial charge in [-0.25, -0.2) is 8.78 Å². The number of amides is 2. The number of hydrogen-bond acceptors (Lipinski definition) is 8. The largest absolute Gasteiger partial charge is 0.481 e. The van der Waals surface area contributed by atoms with Gasteiger partial charge in [0.15, 0.2) is 24.8 Å². The first-order chi connectivity index (χ1) is 19.6. The fraction of sp³-hybridized carbons (Fsp3) is 0.214. The Kier molecular flexibility index (Phi) is 8.21. The van der Waals surface area contributed by atoms with Crippen LogP contribution in [-0.4, -0.2) is 47.9 Å². The molecule has 0 fully saturated rings. The van der Waals surface area contributed by atoms with Gasteiger partial charge in [0, 0.05) is 17.7 Å². The van der Waals surface area contributed by atoms with E-state index in [0.717, 1.165) is 10.7 Å². The highest BCUT2D eigenvalue weighted by Crippen LogP contribution is 2.36. The zero-order chi connectivity index (χ0) is 29.8. The Morgan fingerprint density at radius 2 is 1.44 bits per heavy atom. The van der Waals surface area contributed by atoms with E-state index in [1.54, 1.807) is 13.8 Å². The molecular weight excluding hydrogens is 538 g/mol. The molecule has 13 heteroatoms. The van der Waals surface area contributed by atoms with Crippen LogP contribution in [0.5, 0.6) is 11.5 Å². The second-order valence-corrected chi connectivity index (χ2v) is 8.83. The highest BCUT2D eigenvalue weighted by molar-refractivity contribution is 5.99. The van der Waals surface area contributed by atoms with Crippen LogP contribution < -0.4 is 36.1 Å². The lowest BCUT2D eigenvalue weighted by Gasteiger charge is -2.28. The lowest BCUT2D eigenvalue weighted by atomic mass is 10.2. The minimum atomic E-state index is -0.679. The molecule has 2 amide bonds. The molecule has 3 N–H and O–H groups in total. The van der Waals surface area contributed by atoms with Gasteiger partial charge in [0.05, 0.1) is 36.3 Å². The van der Waals surface area contributed by atoms with E-state index in [1.807, 2.05) is 0 Å². The Morgan fingerprint density at radius 3 is 1.98 bits per heavy atom. The number of terminal acetylenes is 2. The molecule has 5 rings (SSSR count). The molecular formula is C28H24F2N6O5. The van der Waals surface area contributed by atoms with Gasteiger partial charge in [-0.15, -0.1) is 12.8 Å². The van der Waals surface area contributed by atoms with Gasteiger partial charge < -0.3 is 14.9 Å². The van der Waals surface area contributed by atoms with Crippen LogP contribution in [-0.2, 0) is 9.59 Å². The normalized spacial score (nSPS) is 13.4. The monoisotopic (exact) mass is 562 g/mol. The molecule has 2 aromatic carbocycles. The molecule has 0 atom stereocenters. The average Bonchev–Trinajstić information content (AvgIpc) is 2.95. The number of hydrogen-bond donors (Lipinski definition) is 2. The fourth-order valence-corrected chi connectivity index (χ4v) is 4.03. The third-order valence-corrected chi connectivity index (χ3v) is 6.32. The molecule has 41 heavy (non-hydrogen) atoms. The Morgan fingerprint density at radius 1 is 0.902 bits per heavy atom. The summed E-state index contributed by atoms with van der Waals surface area (Å²) in [6, 6.07) is 5.03. The number of nitrogens with two attached hydrogens (primary N) is 1. The Balaban J connectivity index is 0.000000201. The maximum atomic E-state index is 14.5. The number of rotatable bonds is 4. The van der Waals surface area contributed by atoms with E-state index in [0.29, 0.717) is 22.5 Å². The van der Waals surface area contributed by atoms with Crippen molar-refractivity contribution < 1.29 is 27.8 Å². The lowest BCUT2D eigenvalue weighted by molar-refractivity contribution is -0.121. The third kappa shape index (κ3) is 5.52. The second kappa shape index (κ2) is 11.8. The number of carbonyl (C=O) groups excluding carboxylic acids is 2. The van der Waals surface area contributed by atoms with Crippen molar-refractivity contribution in [2.24, 2.45) is 5.84 Å². The molecule has 2 aliphatic rings. The Bertz CT molecular complexity index is 1690. The quantitative estimate of drug-likeness (QED) is 0.280. The highest BCUT2D eigenvalue weighted by atomic mass is 19.1. The summed E-state index contributed by atoms with van der Waals surface area (Å²) >= 11 is 0. The van der Waals surface area contributed by atoms with E-state index < -0.39 is 17.2 Å². The number of ether oxygens (including phenoxy) is 2. The molecule has 0 saturated heterocycles. The van der Waals surface area contributed by atoms with Gasteiger partial charge >= 0.3 is 0 Å². The minimum absolute atomic E-state index is 0.0233. The number of aromatic nitrogens is 2. The van der Waals surface area contributed by atoms with E-state index in [1.165, 1.54) is 34.2 Å². The van der Waals surface area contributed by atoms with Gasteiger partial charge in [0.2, 0.25) is 0 Å². The molecule has 2 aliphatic heterocycles. The molecule has 3 aromatic rings. The van der Waals surface area contributed by atoms with E-state index in [4.69, 9.17) is 28.2 Å². The smallest absolute Gasteiger partial charge is 0.274 e. The zero-order valence-corrected chi connectivity index (χ0v) is 22.0. The average molecular weight is 563 g/mol. The maximum absolute atomic E-state index is 14.5. The lowest BCUT2D eigenvalue weighted by Crippen LogP contribution is -2.39. The number of nitrogens with one attached hydrogen (secondary N) is 1. The molecule has 0 aliphatic carbocycles. The van der Waals surface area contributed by atoms with Crippen LogP contribution in [0.3, 0.4) is 0 Å². The molecule has 0 bridgehead atoms. The summed E-state index contributed by atoms with van der Waals surface area (Å²) in [5.41, 5.74) is 3.68. The van der Waals surface area contributed by atoms with E-state index in [9.17, 15) is 23.2 Å². The Hall–Kier alpha value is -5.40. The zero-order valence-electron chi connectivity index (χ0n) is 22.0. The van der Waals surface area contributed by atoms with Crippen molar-refractivity contribution in [3.8, 4) is 41.9 Å². The van der Waals surface area contributed by atoms with Crippen LogP contribution in [0.2, 0.25) is 0 Å². The number of hydrazine groups is 1. The Labute approximate surface area is 233 Å². The van der Waals surface area contributed by atoms with Crippen LogP contribution in [0.1, 0.15) is 11.1 Å². The molecule has 11 nitrogen and oxygen atoms in total. The van der Waals surface area contributed by atoms with Crippen molar-refractivity contribution >= 4 is 28.9 Å². The van der Waals surface area contributed by atoms with Crippen LogP contribution in [0.15, 0.2) is 35.3 Å². The first-order valence-corrected chi connectivity index (χ1v) is 12.0. The third-order valence-electron chi connectivity index (χ3n) is 6.32. The van der Waals surface area contributed by atoms with Crippen molar-refractivity contribution in [3.63, 3.8) is 0 Å². The molecule has 0 spiro atoms. The molecule has 3 heterocycles. The summed E-state index contributed by atoms with van der Waals surface area (Å²) in [4.78, 5) is 38.6. The number of fused-ring (bicyclic) bond motifs is 2. The van der Waals surface area contributed by atoms with Crippen molar-refractivity contribution in [1.82, 2.24) is 9.78 Å². The van der Waals surface area contributed by atoms with Crippen LogP contribution in [0.25, 0.3) is 5.69 Å². The molecule has 210 valence electrons. The number of nitrogens with zero attached hydrogens (tertiary/aromatic N) is 4. The van der Waals surface area contributed by atoms with E-state index in [-0.39, 0.29) is 61.0 Å². The van der Waals surface area contributed by atoms with Gasteiger partial charge in [-0.05, 0) is 31.5 Å². The van der Waals surface area contributed by atoms with Crippen LogP contribution in [0, 0.1) is 50.2 Å². The van der Waals surface area contributed by atoms with Gasteiger partial charge in [-0.3, -0.25) is 30.0 Å². The first-order valence-electron chi connectivity index (χ1n) is 12.0. The van der Waals surface area contributed by atoms with Gasteiger partial charge in [0.1, 0.15) is 17.2 Å². The van der Waals surface area contributed by atoms with Crippen LogP contribution in [0.4, 0.5) is 25.8 Å². The first kappa shape index (κ1) is 28.6. The minimum Gasteiger partial charge on any atom is -0.481 e. The van der Waals surface area contributed by atoms with Crippen molar-refractivity contribution in [3.05, 3.63) is 63.6 Å². The summed E-state index contributed by atoms with van der Waals surface area (Å²) in [6.45, 7) is 3.15. The summed E-state index contributed by atoms with van der Waals surface area (Å²) in [6.07, 6.45) is 12.0. The van der Waals surface area contributed by atoms with Gasteiger partial charge in [0.25, 0.3) is 17.4 Å². The highest BCUT2D eigenvalue weighted by Gasteiger charge is 2.28. The predicted molar refractivity (Wildman–Crippen MR) is 147 cm³/mol. The molecule has 0 saturated carbocycles. The SMILES string of the molecule is C#CCN1C(=O)COc2cc(F)c(-n3ncc(C)c(C)c3=O)cc21.C#CCN1C(=O)COc2cc(F)c(NN)cc21. The summed E-state index contributed by atoms with van der Waals surface area (Å²) in [5.74, 6) is 8.54. The fourth-order valence-electron chi connectivity index (χ4n) is 4.03. The van der Waals surface area contributed by atoms with Crippen molar-refractivity contribution in [2.75, 3.05) is 41.5 Å². The number of nitrogen functional groups attached to an aromatic ring is 1. The molecule has 0 radical (unpaired) electrons. The standard InChI is InChI=1S/C17H14FN3O3.C11H10FN3O2/c1-4-5-20-14-7-13(12(18)6-15(14)24-9-16(20)22)21-17(23)11(3)10(2)8-19-21;1-2-3-15-9-5-8(14-13)7(12)4-10(9)17-6-11(15)16/h1,6-8H,5,9H2,2-3H3;1,4-5,14H,3,6,13H2. The number of halogens is 2. The summed E-state index contributed by atoms with van der Waals surface area (Å²) in [7, 11) is 0. The number of benzene rings is 2.